The van der Waals surface area contributed by atoms with Gasteiger partial charge in [0.2, 0.25) is 5.95 Å². The molecule has 106 valence electrons. The summed E-state index contributed by atoms with van der Waals surface area (Å²) in [6.45, 7) is 7.13. The fourth-order valence-corrected chi connectivity index (χ4v) is 2.45. The zero-order valence-electron chi connectivity index (χ0n) is 11.6. The van der Waals surface area contributed by atoms with Gasteiger partial charge in [-0.15, -0.1) is 0 Å². The molecule has 1 aliphatic heterocycles. The van der Waals surface area contributed by atoms with Crippen molar-refractivity contribution in [3.05, 3.63) is 23.4 Å². The number of hydrogen-bond acceptors (Lipinski definition) is 5. The molecule has 0 bridgehead atoms. The predicted molar refractivity (Wildman–Crippen MR) is 74.1 cm³/mol. The van der Waals surface area contributed by atoms with Gasteiger partial charge < -0.3 is 10.2 Å². The molecule has 3 heterocycles. The average molecular weight is 276 g/mol. The summed E-state index contributed by atoms with van der Waals surface area (Å²) in [5.74, 6) is 0.152. The van der Waals surface area contributed by atoms with Crippen LogP contribution in [0.3, 0.4) is 0 Å². The molecular formula is C13H17FN6. The molecule has 0 radical (unpaired) electrons. The Balaban J connectivity index is 2.03. The quantitative estimate of drug-likeness (QED) is 0.857. The van der Waals surface area contributed by atoms with Gasteiger partial charge in [-0.3, -0.25) is 5.10 Å². The maximum atomic E-state index is 14.1. The molecule has 6 nitrogen and oxygen atoms in total. The number of nitrogens with one attached hydrogen (secondary N) is 2. The van der Waals surface area contributed by atoms with E-state index in [0.717, 1.165) is 43.1 Å². The first-order chi connectivity index (χ1) is 9.66. The first-order valence-corrected chi connectivity index (χ1v) is 6.67. The second-order valence-electron chi connectivity index (χ2n) is 4.91. The van der Waals surface area contributed by atoms with Crippen molar-refractivity contribution in [2.75, 3.05) is 31.1 Å². The first kappa shape index (κ1) is 13.0. The number of hydrogen-bond donors (Lipinski definition) is 2. The number of aryl methyl sites for hydroxylation is 2. The van der Waals surface area contributed by atoms with Gasteiger partial charge >= 0.3 is 0 Å². The third kappa shape index (κ3) is 2.24. The molecule has 2 aromatic rings. The molecule has 1 saturated heterocycles. The van der Waals surface area contributed by atoms with Crippen LogP contribution in [0, 0.1) is 19.7 Å². The van der Waals surface area contributed by atoms with Crippen molar-refractivity contribution >= 4 is 5.95 Å². The number of anilines is 1. The molecule has 0 aliphatic carbocycles. The van der Waals surface area contributed by atoms with Crippen LogP contribution >= 0.6 is 0 Å². The topological polar surface area (TPSA) is 69.7 Å². The van der Waals surface area contributed by atoms with E-state index in [9.17, 15) is 4.39 Å². The molecular weight excluding hydrogens is 259 g/mol. The van der Waals surface area contributed by atoms with E-state index >= 15 is 0 Å². The van der Waals surface area contributed by atoms with Crippen LogP contribution in [0.25, 0.3) is 11.3 Å². The fourth-order valence-electron chi connectivity index (χ4n) is 2.45. The van der Waals surface area contributed by atoms with Gasteiger partial charge in [0.05, 0.1) is 11.9 Å². The van der Waals surface area contributed by atoms with Crippen LogP contribution in [-0.2, 0) is 0 Å². The number of aromatic nitrogens is 4. The summed E-state index contributed by atoms with van der Waals surface area (Å²) in [4.78, 5) is 10.6. The highest BCUT2D eigenvalue weighted by Gasteiger charge is 2.19. The van der Waals surface area contributed by atoms with Crippen molar-refractivity contribution in [3.63, 3.8) is 0 Å². The maximum absolute atomic E-state index is 14.1. The third-order valence-electron chi connectivity index (χ3n) is 3.50. The molecule has 3 rings (SSSR count). The Morgan fingerprint density at radius 2 is 2.00 bits per heavy atom. The zero-order chi connectivity index (χ0) is 14.1. The Morgan fingerprint density at radius 3 is 2.65 bits per heavy atom. The van der Waals surface area contributed by atoms with E-state index in [0.29, 0.717) is 11.6 Å². The number of piperazine rings is 1. The molecule has 0 aromatic carbocycles. The van der Waals surface area contributed by atoms with Crippen molar-refractivity contribution in [1.29, 1.82) is 0 Å². The lowest BCUT2D eigenvalue weighted by atomic mass is 10.1. The Bertz CT molecular complexity index is 598. The number of aromatic amines is 1. The smallest absolute Gasteiger partial charge is 0.226 e. The second-order valence-corrected chi connectivity index (χ2v) is 4.91. The molecule has 7 heteroatoms. The van der Waals surface area contributed by atoms with Crippen molar-refractivity contribution in [2.45, 2.75) is 13.8 Å². The molecule has 0 saturated carbocycles. The highest BCUT2D eigenvalue weighted by molar-refractivity contribution is 5.66. The lowest BCUT2D eigenvalue weighted by molar-refractivity contribution is 0.573. The summed E-state index contributed by atoms with van der Waals surface area (Å²) in [6, 6.07) is 0. The lowest BCUT2D eigenvalue weighted by Crippen LogP contribution is -2.44. The van der Waals surface area contributed by atoms with Crippen LogP contribution in [0.15, 0.2) is 6.20 Å². The second kappa shape index (κ2) is 5.16. The van der Waals surface area contributed by atoms with Gasteiger partial charge in [-0.2, -0.15) is 5.10 Å². The Kier molecular flexibility index (Phi) is 3.35. The minimum Gasteiger partial charge on any atom is -0.338 e. The monoisotopic (exact) mass is 276 g/mol. The standard InChI is InChI=1S/C13H17FN6/c1-8-11(9(2)19-18-8)12-10(14)7-16-13(17-12)20-5-3-15-4-6-20/h7,15H,3-6H2,1-2H3,(H,18,19). The van der Waals surface area contributed by atoms with E-state index in [1.54, 1.807) is 0 Å². The van der Waals surface area contributed by atoms with E-state index in [1.165, 1.54) is 6.20 Å². The molecule has 0 amide bonds. The predicted octanol–water partition coefficient (Wildman–Crippen LogP) is 1.03. The van der Waals surface area contributed by atoms with E-state index in [-0.39, 0.29) is 0 Å². The van der Waals surface area contributed by atoms with Gasteiger partial charge in [-0.25, -0.2) is 14.4 Å². The lowest BCUT2D eigenvalue weighted by Gasteiger charge is -2.27. The van der Waals surface area contributed by atoms with Gasteiger partial charge in [-0.1, -0.05) is 0 Å². The summed E-state index contributed by atoms with van der Waals surface area (Å²) in [5.41, 5.74) is 2.59. The molecule has 2 aromatic heterocycles. The van der Waals surface area contributed by atoms with E-state index in [2.05, 4.69) is 30.4 Å². The number of rotatable bonds is 2. The molecule has 1 fully saturated rings. The SMILES string of the molecule is Cc1n[nH]c(C)c1-c1nc(N2CCNCC2)ncc1F. The van der Waals surface area contributed by atoms with Gasteiger partial charge in [0, 0.05) is 37.4 Å². The Labute approximate surface area is 116 Å². The molecule has 0 atom stereocenters. The Morgan fingerprint density at radius 1 is 1.25 bits per heavy atom. The van der Waals surface area contributed by atoms with Gasteiger partial charge in [-0.05, 0) is 13.8 Å². The van der Waals surface area contributed by atoms with Crippen molar-refractivity contribution < 1.29 is 4.39 Å². The number of H-pyrrole nitrogens is 1. The normalized spacial score (nSPS) is 15.7. The summed E-state index contributed by atoms with van der Waals surface area (Å²) in [7, 11) is 0. The van der Waals surface area contributed by atoms with Gasteiger partial charge in [0.15, 0.2) is 5.82 Å². The van der Waals surface area contributed by atoms with Crippen LogP contribution in [-0.4, -0.2) is 46.3 Å². The Hall–Kier alpha value is -2.02. The van der Waals surface area contributed by atoms with Gasteiger partial charge in [0.1, 0.15) is 5.69 Å². The highest BCUT2D eigenvalue weighted by Crippen LogP contribution is 2.27. The van der Waals surface area contributed by atoms with Crippen LogP contribution in [0.2, 0.25) is 0 Å². The number of nitrogens with zero attached hydrogens (tertiary/aromatic N) is 4. The van der Waals surface area contributed by atoms with Crippen LogP contribution in [0.1, 0.15) is 11.4 Å². The number of halogens is 1. The molecule has 0 unspecified atom stereocenters. The van der Waals surface area contributed by atoms with Crippen molar-refractivity contribution in [1.82, 2.24) is 25.5 Å². The van der Waals surface area contributed by atoms with Gasteiger partial charge in [0.25, 0.3) is 0 Å². The van der Waals surface area contributed by atoms with E-state index in [1.807, 2.05) is 13.8 Å². The molecule has 0 spiro atoms. The molecule has 2 N–H and O–H groups in total. The summed E-state index contributed by atoms with van der Waals surface area (Å²) in [6.07, 6.45) is 1.24. The van der Waals surface area contributed by atoms with E-state index in [4.69, 9.17) is 0 Å². The minimum atomic E-state index is -0.420. The third-order valence-corrected chi connectivity index (χ3v) is 3.50. The maximum Gasteiger partial charge on any atom is 0.226 e. The minimum absolute atomic E-state index is 0.317. The van der Waals surface area contributed by atoms with Crippen molar-refractivity contribution in [3.8, 4) is 11.3 Å². The largest absolute Gasteiger partial charge is 0.338 e. The van der Waals surface area contributed by atoms with Crippen LogP contribution in [0.4, 0.5) is 10.3 Å². The van der Waals surface area contributed by atoms with E-state index < -0.39 is 5.82 Å². The summed E-state index contributed by atoms with van der Waals surface area (Å²) < 4.78 is 14.1. The highest BCUT2D eigenvalue weighted by atomic mass is 19.1. The van der Waals surface area contributed by atoms with Crippen LogP contribution in [0.5, 0.6) is 0 Å². The van der Waals surface area contributed by atoms with Crippen LogP contribution < -0.4 is 10.2 Å². The fraction of sp³-hybridized carbons (Fsp3) is 0.462. The summed E-state index contributed by atoms with van der Waals surface area (Å²) >= 11 is 0. The molecule has 1 aliphatic rings. The van der Waals surface area contributed by atoms with Crippen molar-refractivity contribution in [2.24, 2.45) is 0 Å². The molecule has 20 heavy (non-hydrogen) atoms. The summed E-state index contributed by atoms with van der Waals surface area (Å²) in [5, 5.41) is 10.2. The zero-order valence-corrected chi connectivity index (χ0v) is 11.6. The average Bonchev–Trinajstić information content (AvgIpc) is 2.80. The first-order valence-electron chi connectivity index (χ1n) is 6.67.